The first kappa shape index (κ1) is 16.0. The Morgan fingerprint density at radius 3 is 3.04 bits per heavy atom. The molecule has 23 heavy (non-hydrogen) atoms. The Hall–Kier alpha value is -1.88. The second kappa shape index (κ2) is 5.96. The molecule has 2 aliphatic rings. The van der Waals surface area contributed by atoms with E-state index < -0.39 is 5.41 Å². The van der Waals surface area contributed by atoms with Gasteiger partial charge >= 0.3 is 0 Å². The molecule has 2 aliphatic heterocycles. The molecule has 3 rings (SSSR count). The maximum Gasteiger partial charge on any atom is 0.272 e. The maximum atomic E-state index is 12.8. The van der Waals surface area contributed by atoms with Crippen molar-refractivity contribution in [2.45, 2.75) is 13.3 Å². The molecular formula is C17H20ClN3O2. The molecule has 0 bridgehead atoms. The lowest BCUT2D eigenvalue weighted by Crippen LogP contribution is -2.40. The van der Waals surface area contributed by atoms with Crippen molar-refractivity contribution in [2.24, 2.45) is 11.3 Å². The summed E-state index contributed by atoms with van der Waals surface area (Å²) >= 11 is 5.87. The highest BCUT2D eigenvalue weighted by molar-refractivity contribution is 6.29. The van der Waals surface area contributed by atoms with Gasteiger partial charge in [0.05, 0.1) is 5.41 Å². The van der Waals surface area contributed by atoms with Crippen LogP contribution in [0.5, 0.6) is 0 Å². The summed E-state index contributed by atoms with van der Waals surface area (Å²) in [6.07, 6.45) is 2.53. The second-order valence-electron chi connectivity index (χ2n) is 6.38. The van der Waals surface area contributed by atoms with Gasteiger partial charge in [0.25, 0.3) is 5.91 Å². The number of pyridine rings is 1. The number of aromatic nitrogens is 1. The van der Waals surface area contributed by atoms with Crippen LogP contribution in [-0.4, -0.2) is 52.8 Å². The maximum absolute atomic E-state index is 12.8. The van der Waals surface area contributed by atoms with E-state index in [0.29, 0.717) is 30.5 Å². The summed E-state index contributed by atoms with van der Waals surface area (Å²) < 4.78 is 0. The third kappa shape index (κ3) is 2.63. The zero-order valence-corrected chi connectivity index (χ0v) is 13.9. The van der Waals surface area contributed by atoms with Gasteiger partial charge in [-0.1, -0.05) is 30.7 Å². The summed E-state index contributed by atoms with van der Waals surface area (Å²) in [7, 11) is 0. The van der Waals surface area contributed by atoms with Gasteiger partial charge in [-0.15, -0.1) is 6.58 Å². The summed E-state index contributed by atoms with van der Waals surface area (Å²) in [4.78, 5) is 33.1. The van der Waals surface area contributed by atoms with Crippen molar-refractivity contribution in [1.29, 1.82) is 0 Å². The van der Waals surface area contributed by atoms with E-state index in [-0.39, 0.29) is 17.7 Å². The van der Waals surface area contributed by atoms with Crippen LogP contribution < -0.4 is 0 Å². The molecule has 122 valence electrons. The third-order valence-electron chi connectivity index (χ3n) is 5.02. The minimum Gasteiger partial charge on any atom is -0.338 e. The number of nitrogens with zero attached hydrogens (tertiary/aromatic N) is 3. The molecule has 6 heteroatoms. The fourth-order valence-electron chi connectivity index (χ4n) is 3.70. The van der Waals surface area contributed by atoms with Crippen LogP contribution in [-0.2, 0) is 4.79 Å². The monoisotopic (exact) mass is 333 g/mol. The summed E-state index contributed by atoms with van der Waals surface area (Å²) in [5.74, 6) is 0.110. The molecule has 1 spiro atoms. The van der Waals surface area contributed by atoms with Gasteiger partial charge in [-0.25, -0.2) is 4.98 Å². The van der Waals surface area contributed by atoms with Gasteiger partial charge in [-0.3, -0.25) is 9.59 Å². The zero-order valence-electron chi connectivity index (χ0n) is 13.2. The quantitative estimate of drug-likeness (QED) is 0.629. The van der Waals surface area contributed by atoms with E-state index in [0.717, 1.165) is 13.0 Å². The summed E-state index contributed by atoms with van der Waals surface area (Å²) in [6, 6.07) is 5.01. The molecule has 1 aromatic rings. The van der Waals surface area contributed by atoms with Crippen molar-refractivity contribution in [3.8, 4) is 0 Å². The van der Waals surface area contributed by atoms with E-state index in [1.807, 2.05) is 11.8 Å². The number of carbonyl (C=O) groups is 2. The molecule has 3 heterocycles. The number of amides is 2. The average Bonchev–Trinajstić information content (AvgIpc) is 3.03. The van der Waals surface area contributed by atoms with Gasteiger partial charge in [0.2, 0.25) is 5.91 Å². The zero-order chi connectivity index (χ0) is 16.6. The van der Waals surface area contributed by atoms with Crippen molar-refractivity contribution in [1.82, 2.24) is 14.8 Å². The molecule has 0 saturated carbocycles. The van der Waals surface area contributed by atoms with Crippen molar-refractivity contribution in [3.63, 3.8) is 0 Å². The fraction of sp³-hybridized carbons (Fsp3) is 0.471. The Bertz CT molecular complexity index is 663. The molecule has 5 nitrogen and oxygen atoms in total. The van der Waals surface area contributed by atoms with Crippen molar-refractivity contribution < 1.29 is 9.59 Å². The first-order chi connectivity index (χ1) is 11.0. The molecule has 0 N–H and O–H groups in total. The van der Waals surface area contributed by atoms with Gasteiger partial charge < -0.3 is 9.80 Å². The predicted octanol–water partition coefficient (Wildman–Crippen LogP) is 2.23. The number of halogens is 1. The topological polar surface area (TPSA) is 53.5 Å². The van der Waals surface area contributed by atoms with E-state index in [9.17, 15) is 9.59 Å². The first-order valence-electron chi connectivity index (χ1n) is 7.80. The van der Waals surface area contributed by atoms with Crippen molar-refractivity contribution in [3.05, 3.63) is 41.7 Å². The largest absolute Gasteiger partial charge is 0.338 e. The highest BCUT2D eigenvalue weighted by Crippen LogP contribution is 2.44. The van der Waals surface area contributed by atoms with E-state index in [4.69, 9.17) is 11.6 Å². The number of hydrogen-bond donors (Lipinski definition) is 0. The Balaban J connectivity index is 1.80. The average molecular weight is 334 g/mol. The van der Waals surface area contributed by atoms with Crippen molar-refractivity contribution in [2.75, 3.05) is 26.2 Å². The number of carbonyl (C=O) groups excluding carboxylic acids is 2. The first-order valence-corrected chi connectivity index (χ1v) is 8.18. The normalized spacial score (nSPS) is 27.0. The molecule has 2 atom stereocenters. The standard InChI is InChI=1S/C17H20ClN3O2/c1-3-8-20-9-7-17(16(20)23)11-21(10-12(17)2)15(22)13-5-4-6-14(18)19-13/h3-6,12H,1,7-11H2,2H3/t12-,17-/m1/s1. The SMILES string of the molecule is C=CCN1CC[C@]2(CN(C(=O)c3cccc(Cl)n3)C[C@H]2C)C1=O. The van der Waals surface area contributed by atoms with E-state index in [1.165, 1.54) is 0 Å². The van der Waals surface area contributed by atoms with Gasteiger partial charge in [-0.2, -0.15) is 0 Å². The highest BCUT2D eigenvalue weighted by atomic mass is 35.5. The van der Waals surface area contributed by atoms with Crippen LogP contribution in [0.1, 0.15) is 23.8 Å². The third-order valence-corrected chi connectivity index (χ3v) is 5.23. The molecule has 2 fully saturated rings. The van der Waals surface area contributed by atoms with Gasteiger partial charge in [0, 0.05) is 26.2 Å². The number of likely N-dealkylation sites (tertiary alicyclic amines) is 2. The molecule has 2 amide bonds. The van der Waals surface area contributed by atoms with E-state index >= 15 is 0 Å². The van der Waals surface area contributed by atoms with Crippen LogP contribution in [0.25, 0.3) is 0 Å². The summed E-state index contributed by atoms with van der Waals surface area (Å²) in [5, 5.41) is 0.298. The smallest absolute Gasteiger partial charge is 0.272 e. The van der Waals surface area contributed by atoms with Crippen molar-refractivity contribution >= 4 is 23.4 Å². The highest BCUT2D eigenvalue weighted by Gasteiger charge is 2.55. The van der Waals surface area contributed by atoms with Crippen LogP contribution in [0, 0.1) is 11.3 Å². The van der Waals surface area contributed by atoms with Gasteiger partial charge in [-0.05, 0) is 24.5 Å². The summed E-state index contributed by atoms with van der Waals surface area (Å²) in [5.41, 5.74) is -0.132. The van der Waals surface area contributed by atoms with Gasteiger partial charge in [0.1, 0.15) is 10.8 Å². The van der Waals surface area contributed by atoms with Crippen LogP contribution in [0.2, 0.25) is 5.15 Å². The molecule has 2 saturated heterocycles. The number of rotatable bonds is 3. The lowest BCUT2D eigenvalue weighted by molar-refractivity contribution is -0.136. The molecule has 0 radical (unpaired) electrons. The van der Waals surface area contributed by atoms with E-state index in [1.54, 1.807) is 29.2 Å². The lowest BCUT2D eigenvalue weighted by Gasteiger charge is -2.26. The lowest BCUT2D eigenvalue weighted by atomic mass is 9.78. The second-order valence-corrected chi connectivity index (χ2v) is 6.77. The predicted molar refractivity (Wildman–Crippen MR) is 88.1 cm³/mol. The molecule has 0 unspecified atom stereocenters. The minimum atomic E-state index is -0.461. The summed E-state index contributed by atoms with van der Waals surface area (Å²) in [6.45, 7) is 8.07. The van der Waals surface area contributed by atoms with E-state index in [2.05, 4.69) is 11.6 Å². The Morgan fingerprint density at radius 2 is 2.35 bits per heavy atom. The van der Waals surface area contributed by atoms with Crippen LogP contribution in [0.15, 0.2) is 30.9 Å². The van der Waals surface area contributed by atoms with Crippen LogP contribution >= 0.6 is 11.6 Å². The molecule has 0 aliphatic carbocycles. The van der Waals surface area contributed by atoms with Gasteiger partial charge in [0.15, 0.2) is 0 Å². The fourth-order valence-corrected chi connectivity index (χ4v) is 3.87. The number of hydrogen-bond acceptors (Lipinski definition) is 3. The minimum absolute atomic E-state index is 0.132. The molecule has 1 aromatic heterocycles. The molecular weight excluding hydrogens is 314 g/mol. The Morgan fingerprint density at radius 1 is 1.57 bits per heavy atom. The Labute approximate surface area is 140 Å². The Kier molecular flexibility index (Phi) is 4.15. The van der Waals surface area contributed by atoms with Crippen LogP contribution in [0.3, 0.4) is 0 Å². The van der Waals surface area contributed by atoms with Crippen LogP contribution in [0.4, 0.5) is 0 Å². The molecule has 0 aromatic carbocycles.